The number of aromatic nitrogens is 2. The quantitative estimate of drug-likeness (QED) is 0.528. The molecule has 1 aromatic heterocycles. The average Bonchev–Trinajstić information content (AvgIpc) is 2.89. The summed E-state index contributed by atoms with van der Waals surface area (Å²) in [7, 11) is 0. The van der Waals surface area contributed by atoms with Gasteiger partial charge in [0.2, 0.25) is 0 Å². The molecule has 0 unspecified atom stereocenters. The Bertz CT molecular complexity index is 1330. The predicted molar refractivity (Wildman–Crippen MR) is 138 cm³/mol. The number of nitrogens with one attached hydrogen (secondary N) is 1. The Balaban J connectivity index is 1.47. The van der Waals surface area contributed by atoms with Crippen LogP contribution in [0.25, 0.3) is 11.3 Å². The van der Waals surface area contributed by atoms with Gasteiger partial charge in [-0.15, -0.1) is 0 Å². The molecule has 194 valence electrons. The molecular formula is C27H30F2N6O2. The number of anilines is 2. The summed E-state index contributed by atoms with van der Waals surface area (Å²) >= 11 is 0. The Hall–Kier alpha value is -3.79. The highest BCUT2D eigenvalue weighted by atomic mass is 19.1. The molecule has 2 aliphatic rings. The van der Waals surface area contributed by atoms with Crippen LogP contribution in [0.1, 0.15) is 35.6 Å². The monoisotopic (exact) mass is 508 g/mol. The molecular weight excluding hydrogens is 478 g/mol. The van der Waals surface area contributed by atoms with Gasteiger partial charge in [0.05, 0.1) is 24.0 Å². The van der Waals surface area contributed by atoms with E-state index in [1.54, 1.807) is 12.1 Å². The van der Waals surface area contributed by atoms with Crippen LogP contribution in [-0.2, 0) is 6.42 Å². The first-order valence-electron chi connectivity index (χ1n) is 12.4. The number of amides is 1. The highest BCUT2D eigenvalue weighted by Crippen LogP contribution is 2.39. The van der Waals surface area contributed by atoms with Gasteiger partial charge in [-0.25, -0.2) is 18.7 Å². The van der Waals surface area contributed by atoms with Crippen molar-refractivity contribution < 1.29 is 18.3 Å². The maximum atomic E-state index is 15.0. The second-order valence-electron chi connectivity index (χ2n) is 9.55. The number of primary amides is 1. The van der Waals surface area contributed by atoms with Crippen LogP contribution < -0.4 is 25.6 Å². The number of ether oxygens (including phenoxy) is 1. The van der Waals surface area contributed by atoms with E-state index in [4.69, 9.17) is 10.5 Å². The number of nitrogens with zero attached hydrogens (tertiary/aromatic N) is 4. The summed E-state index contributed by atoms with van der Waals surface area (Å²) in [5.41, 5.74) is 8.56. The molecule has 3 aromatic rings. The molecule has 5 rings (SSSR count). The van der Waals surface area contributed by atoms with Gasteiger partial charge in [0.25, 0.3) is 5.91 Å². The zero-order chi connectivity index (χ0) is 26.1. The van der Waals surface area contributed by atoms with Crippen molar-refractivity contribution in [2.75, 3.05) is 49.1 Å². The SMILES string of the molecule is CC(C)N1CCOc2c(F)cc(-c3nc(Cc4ccc(N5CCNCC5)c(C(N)=O)c4)ncc3F)cc21. The number of halogens is 2. The summed E-state index contributed by atoms with van der Waals surface area (Å²) in [5, 5.41) is 3.29. The van der Waals surface area contributed by atoms with E-state index in [0.717, 1.165) is 43.6 Å². The van der Waals surface area contributed by atoms with Crippen molar-refractivity contribution in [3.63, 3.8) is 0 Å². The van der Waals surface area contributed by atoms with Crippen LogP contribution in [-0.4, -0.2) is 61.2 Å². The lowest BCUT2D eigenvalue weighted by atomic mass is 10.0. The molecule has 0 atom stereocenters. The number of carbonyl (C=O) groups excluding carboxylic acids is 1. The summed E-state index contributed by atoms with van der Waals surface area (Å²) < 4.78 is 35.4. The van der Waals surface area contributed by atoms with Crippen LogP contribution >= 0.6 is 0 Å². The number of benzene rings is 2. The Morgan fingerprint density at radius 3 is 2.62 bits per heavy atom. The van der Waals surface area contributed by atoms with E-state index in [-0.39, 0.29) is 23.9 Å². The van der Waals surface area contributed by atoms with E-state index in [9.17, 15) is 13.6 Å². The van der Waals surface area contributed by atoms with Crippen molar-refractivity contribution in [1.82, 2.24) is 15.3 Å². The lowest BCUT2D eigenvalue weighted by molar-refractivity contribution is 0.100. The average molecular weight is 509 g/mol. The van der Waals surface area contributed by atoms with Crippen molar-refractivity contribution >= 4 is 17.3 Å². The number of fused-ring (bicyclic) bond motifs is 1. The second kappa shape index (κ2) is 10.3. The van der Waals surface area contributed by atoms with E-state index < -0.39 is 17.5 Å². The number of nitrogens with two attached hydrogens (primary N) is 1. The molecule has 0 bridgehead atoms. The van der Waals surface area contributed by atoms with Crippen LogP contribution in [0.2, 0.25) is 0 Å². The highest BCUT2D eigenvalue weighted by molar-refractivity contribution is 5.99. The fourth-order valence-electron chi connectivity index (χ4n) is 4.92. The first-order valence-corrected chi connectivity index (χ1v) is 12.4. The molecule has 37 heavy (non-hydrogen) atoms. The summed E-state index contributed by atoms with van der Waals surface area (Å²) in [5.74, 6) is -1.22. The normalized spacial score (nSPS) is 15.5. The smallest absolute Gasteiger partial charge is 0.250 e. The zero-order valence-corrected chi connectivity index (χ0v) is 20.9. The summed E-state index contributed by atoms with van der Waals surface area (Å²) in [4.78, 5) is 25.0. The van der Waals surface area contributed by atoms with Gasteiger partial charge in [-0.2, -0.15) is 0 Å². The number of hydrogen-bond donors (Lipinski definition) is 2. The molecule has 2 aromatic carbocycles. The molecule has 1 fully saturated rings. The molecule has 1 saturated heterocycles. The Kier molecular flexibility index (Phi) is 6.92. The molecule has 1 amide bonds. The van der Waals surface area contributed by atoms with E-state index in [0.29, 0.717) is 35.8 Å². The Morgan fingerprint density at radius 2 is 1.89 bits per heavy atom. The Labute approximate surface area is 214 Å². The van der Waals surface area contributed by atoms with E-state index in [1.807, 2.05) is 30.9 Å². The minimum absolute atomic E-state index is 0.00791. The summed E-state index contributed by atoms with van der Waals surface area (Å²) in [6.07, 6.45) is 1.35. The Morgan fingerprint density at radius 1 is 1.11 bits per heavy atom. The molecule has 0 saturated carbocycles. The first-order chi connectivity index (χ1) is 17.8. The summed E-state index contributed by atoms with van der Waals surface area (Å²) in [6.45, 7) is 8.23. The van der Waals surface area contributed by atoms with Crippen molar-refractivity contribution in [2.45, 2.75) is 26.3 Å². The largest absolute Gasteiger partial charge is 0.486 e. The van der Waals surface area contributed by atoms with Gasteiger partial charge in [0, 0.05) is 49.9 Å². The van der Waals surface area contributed by atoms with Gasteiger partial charge in [0.1, 0.15) is 18.1 Å². The number of hydrogen-bond acceptors (Lipinski definition) is 7. The van der Waals surface area contributed by atoms with Crippen molar-refractivity contribution in [2.24, 2.45) is 5.73 Å². The van der Waals surface area contributed by atoms with Gasteiger partial charge in [-0.1, -0.05) is 6.07 Å². The minimum Gasteiger partial charge on any atom is -0.486 e. The molecule has 0 spiro atoms. The van der Waals surface area contributed by atoms with Crippen LogP contribution in [0.15, 0.2) is 36.5 Å². The third kappa shape index (κ3) is 5.06. The van der Waals surface area contributed by atoms with E-state index in [2.05, 4.69) is 20.2 Å². The van der Waals surface area contributed by atoms with Crippen molar-refractivity contribution in [1.29, 1.82) is 0 Å². The lowest BCUT2D eigenvalue weighted by Gasteiger charge is -2.34. The highest BCUT2D eigenvalue weighted by Gasteiger charge is 2.26. The van der Waals surface area contributed by atoms with Gasteiger partial charge < -0.3 is 25.6 Å². The van der Waals surface area contributed by atoms with Gasteiger partial charge in [-0.05, 0) is 43.7 Å². The first kappa shape index (κ1) is 24.9. The minimum atomic E-state index is -0.650. The van der Waals surface area contributed by atoms with Crippen molar-refractivity contribution in [3.05, 3.63) is 65.1 Å². The van der Waals surface area contributed by atoms with Crippen LogP contribution in [0.4, 0.5) is 20.2 Å². The topological polar surface area (TPSA) is 96.6 Å². The molecule has 2 aliphatic heterocycles. The molecule has 3 N–H and O–H groups in total. The van der Waals surface area contributed by atoms with E-state index >= 15 is 0 Å². The summed E-state index contributed by atoms with van der Waals surface area (Å²) in [6, 6.07) is 8.58. The lowest BCUT2D eigenvalue weighted by Crippen LogP contribution is -2.44. The van der Waals surface area contributed by atoms with Crippen molar-refractivity contribution in [3.8, 4) is 17.0 Å². The third-order valence-electron chi connectivity index (χ3n) is 6.75. The molecule has 0 radical (unpaired) electrons. The molecule has 8 nitrogen and oxygen atoms in total. The van der Waals surface area contributed by atoms with Gasteiger partial charge >= 0.3 is 0 Å². The van der Waals surface area contributed by atoms with Crippen LogP contribution in [0.5, 0.6) is 5.75 Å². The van der Waals surface area contributed by atoms with E-state index in [1.165, 1.54) is 6.07 Å². The molecule has 0 aliphatic carbocycles. The van der Waals surface area contributed by atoms with Gasteiger partial charge in [-0.3, -0.25) is 4.79 Å². The van der Waals surface area contributed by atoms with Crippen LogP contribution in [0.3, 0.4) is 0 Å². The third-order valence-corrected chi connectivity index (χ3v) is 6.75. The predicted octanol–water partition coefficient (Wildman–Crippen LogP) is 3.13. The molecule has 3 heterocycles. The maximum Gasteiger partial charge on any atom is 0.250 e. The zero-order valence-electron chi connectivity index (χ0n) is 20.9. The number of carbonyl (C=O) groups is 1. The fraction of sp³-hybridized carbons (Fsp3) is 0.370. The fourth-order valence-corrected chi connectivity index (χ4v) is 4.92. The maximum absolute atomic E-state index is 15.0. The number of piperazine rings is 1. The molecule has 10 heteroatoms. The van der Waals surface area contributed by atoms with Crippen LogP contribution in [0, 0.1) is 11.6 Å². The number of rotatable bonds is 6. The standard InChI is InChI=1S/C27H30F2N6O2/c1-16(2)35-9-10-37-26-20(28)13-18(14-23(26)35)25-21(29)15-32-24(33-25)12-17-3-4-22(19(11-17)27(30)36)34-7-5-31-6-8-34/h3-4,11,13-16,31H,5-10,12H2,1-2H3,(H2,30,36). The van der Waals surface area contributed by atoms with Gasteiger partial charge in [0.15, 0.2) is 17.4 Å². The second-order valence-corrected chi connectivity index (χ2v) is 9.55.